The Balaban J connectivity index is 1.11. The molecule has 33 heavy (non-hydrogen) atoms. The average Bonchev–Trinajstić information content (AvgIpc) is 3.70. The van der Waals surface area contributed by atoms with E-state index in [1.165, 1.54) is 0 Å². The Kier molecular flexibility index (Phi) is 7.67. The Morgan fingerprint density at radius 3 is 2.24 bits per heavy atom. The Hall–Kier alpha value is -3.26. The maximum atomic E-state index is 12.5. The van der Waals surface area contributed by atoms with Crippen molar-refractivity contribution in [1.82, 2.24) is 15.1 Å². The normalized spacial score (nSPS) is 16.2. The molecule has 1 aliphatic carbocycles. The highest BCUT2D eigenvalue weighted by Crippen LogP contribution is 2.30. The molecule has 8 heteroatoms. The summed E-state index contributed by atoms with van der Waals surface area (Å²) < 4.78 is 11.0. The van der Waals surface area contributed by atoms with Gasteiger partial charge in [0.15, 0.2) is 0 Å². The first-order chi connectivity index (χ1) is 16.1. The monoisotopic (exact) mass is 452 g/mol. The van der Waals surface area contributed by atoms with Gasteiger partial charge in [0.2, 0.25) is 5.91 Å². The Labute approximate surface area is 194 Å². The second-order valence-corrected chi connectivity index (χ2v) is 8.47. The van der Waals surface area contributed by atoms with Crippen LogP contribution in [0.3, 0.4) is 0 Å². The Bertz CT molecular complexity index is 920. The molecule has 2 fully saturated rings. The minimum Gasteiger partial charge on any atom is -0.497 e. The van der Waals surface area contributed by atoms with Gasteiger partial charge >= 0.3 is 6.03 Å². The lowest BCUT2D eigenvalue weighted by Crippen LogP contribution is -2.52. The predicted molar refractivity (Wildman–Crippen MR) is 127 cm³/mol. The molecule has 2 aliphatic rings. The topological polar surface area (TPSA) is 83.1 Å². The maximum absolute atomic E-state index is 12.5. The second-order valence-electron chi connectivity index (χ2n) is 8.47. The zero-order chi connectivity index (χ0) is 23.0. The van der Waals surface area contributed by atoms with E-state index in [1.54, 1.807) is 7.11 Å². The van der Waals surface area contributed by atoms with Crippen LogP contribution in [0.25, 0.3) is 0 Å². The fourth-order valence-corrected chi connectivity index (χ4v) is 3.72. The molecule has 0 aromatic heterocycles. The molecule has 1 heterocycles. The van der Waals surface area contributed by atoms with E-state index in [0.717, 1.165) is 55.2 Å². The number of methoxy groups -OCH3 is 1. The third kappa shape index (κ3) is 6.86. The van der Waals surface area contributed by atoms with Crippen molar-refractivity contribution in [3.8, 4) is 11.5 Å². The lowest BCUT2D eigenvalue weighted by atomic mass is 10.2. The minimum absolute atomic E-state index is 0.0461. The average molecular weight is 453 g/mol. The number of anilines is 1. The van der Waals surface area contributed by atoms with Crippen LogP contribution in [0.2, 0.25) is 0 Å². The third-order valence-electron chi connectivity index (χ3n) is 6.01. The SMILES string of the molecule is COc1ccc(OCCN2CCN(C(=O)NCc3ccc(NC(=O)C4CC4)cc3)CC2)cc1. The molecule has 0 radical (unpaired) electrons. The number of urea groups is 1. The van der Waals surface area contributed by atoms with Gasteiger partial charge in [-0.3, -0.25) is 9.69 Å². The van der Waals surface area contributed by atoms with Gasteiger partial charge in [-0.25, -0.2) is 4.79 Å². The van der Waals surface area contributed by atoms with Crippen molar-refractivity contribution in [1.29, 1.82) is 0 Å². The number of hydrogen-bond acceptors (Lipinski definition) is 5. The molecule has 2 aromatic rings. The number of amides is 3. The molecular formula is C25H32N4O4. The highest BCUT2D eigenvalue weighted by Gasteiger charge is 2.29. The Morgan fingerprint density at radius 1 is 0.939 bits per heavy atom. The number of carbonyl (C=O) groups excluding carboxylic acids is 2. The molecule has 0 bridgehead atoms. The molecule has 0 unspecified atom stereocenters. The molecule has 0 atom stereocenters. The Morgan fingerprint density at radius 2 is 1.61 bits per heavy atom. The summed E-state index contributed by atoms with van der Waals surface area (Å²) in [4.78, 5) is 28.5. The van der Waals surface area contributed by atoms with Crippen LogP contribution in [0, 0.1) is 5.92 Å². The molecule has 3 amide bonds. The summed E-state index contributed by atoms with van der Waals surface area (Å²) in [5.74, 6) is 1.92. The highest BCUT2D eigenvalue weighted by molar-refractivity contribution is 5.94. The molecule has 2 aromatic carbocycles. The van der Waals surface area contributed by atoms with Crippen LogP contribution in [0.1, 0.15) is 18.4 Å². The van der Waals surface area contributed by atoms with Gasteiger partial charge in [-0.2, -0.15) is 0 Å². The van der Waals surface area contributed by atoms with Crippen LogP contribution in [0.4, 0.5) is 10.5 Å². The number of piperazine rings is 1. The molecule has 2 N–H and O–H groups in total. The van der Waals surface area contributed by atoms with Crippen molar-refractivity contribution in [3.05, 3.63) is 54.1 Å². The third-order valence-corrected chi connectivity index (χ3v) is 6.01. The zero-order valence-electron chi connectivity index (χ0n) is 19.1. The van der Waals surface area contributed by atoms with Crippen molar-refractivity contribution in [2.75, 3.05) is 51.8 Å². The number of nitrogens with zero attached hydrogens (tertiary/aromatic N) is 2. The lowest BCUT2D eigenvalue weighted by Gasteiger charge is -2.34. The summed E-state index contributed by atoms with van der Waals surface area (Å²) in [6.07, 6.45) is 1.98. The van der Waals surface area contributed by atoms with E-state index in [4.69, 9.17) is 9.47 Å². The number of nitrogens with one attached hydrogen (secondary N) is 2. The number of rotatable bonds is 9. The number of ether oxygens (including phenoxy) is 2. The first-order valence-electron chi connectivity index (χ1n) is 11.5. The van der Waals surface area contributed by atoms with Crippen LogP contribution in [0.15, 0.2) is 48.5 Å². The number of carbonyl (C=O) groups is 2. The summed E-state index contributed by atoms with van der Waals surface area (Å²) in [6, 6.07) is 15.2. The first kappa shape index (κ1) is 22.9. The van der Waals surface area contributed by atoms with Gasteiger partial charge in [0.25, 0.3) is 0 Å². The van der Waals surface area contributed by atoms with E-state index >= 15 is 0 Å². The van der Waals surface area contributed by atoms with Crippen LogP contribution >= 0.6 is 0 Å². The first-order valence-corrected chi connectivity index (χ1v) is 11.5. The van der Waals surface area contributed by atoms with Crippen LogP contribution in [0.5, 0.6) is 11.5 Å². The summed E-state index contributed by atoms with van der Waals surface area (Å²) >= 11 is 0. The summed E-state index contributed by atoms with van der Waals surface area (Å²) in [5.41, 5.74) is 1.80. The molecule has 1 saturated heterocycles. The van der Waals surface area contributed by atoms with Crippen LogP contribution in [-0.2, 0) is 11.3 Å². The largest absolute Gasteiger partial charge is 0.497 e. The number of benzene rings is 2. The van der Waals surface area contributed by atoms with Gasteiger partial charge in [-0.05, 0) is 54.8 Å². The molecule has 4 rings (SSSR count). The standard InChI is InChI=1S/C25H32N4O4/c1-32-22-8-10-23(11-9-22)33-17-16-28-12-14-29(15-13-28)25(31)26-18-19-2-6-21(7-3-19)27-24(30)20-4-5-20/h2-3,6-11,20H,4-5,12-18H2,1H3,(H,26,31)(H,27,30). The molecule has 0 spiro atoms. The highest BCUT2D eigenvalue weighted by atomic mass is 16.5. The van der Waals surface area contributed by atoms with Gasteiger partial charge < -0.3 is 25.0 Å². The van der Waals surface area contributed by atoms with E-state index in [0.29, 0.717) is 26.2 Å². The molecule has 1 aliphatic heterocycles. The smallest absolute Gasteiger partial charge is 0.317 e. The second kappa shape index (κ2) is 11.0. The van der Waals surface area contributed by atoms with E-state index in [1.807, 2.05) is 53.4 Å². The van der Waals surface area contributed by atoms with Gasteiger partial charge in [0.05, 0.1) is 7.11 Å². The van der Waals surface area contributed by atoms with Gasteiger partial charge in [0.1, 0.15) is 18.1 Å². The molecule has 1 saturated carbocycles. The lowest BCUT2D eigenvalue weighted by molar-refractivity contribution is -0.117. The summed E-state index contributed by atoms with van der Waals surface area (Å²) in [6.45, 7) is 4.94. The van der Waals surface area contributed by atoms with Crippen LogP contribution < -0.4 is 20.1 Å². The van der Waals surface area contributed by atoms with Crippen molar-refractivity contribution < 1.29 is 19.1 Å². The van der Waals surface area contributed by atoms with E-state index in [-0.39, 0.29) is 17.9 Å². The van der Waals surface area contributed by atoms with E-state index in [9.17, 15) is 9.59 Å². The fraction of sp³-hybridized carbons (Fsp3) is 0.440. The molecule has 8 nitrogen and oxygen atoms in total. The van der Waals surface area contributed by atoms with Gasteiger partial charge in [0, 0.05) is 50.9 Å². The molecule has 176 valence electrons. The van der Waals surface area contributed by atoms with E-state index in [2.05, 4.69) is 15.5 Å². The minimum atomic E-state index is -0.0461. The zero-order valence-corrected chi connectivity index (χ0v) is 19.1. The van der Waals surface area contributed by atoms with Crippen molar-refractivity contribution in [2.45, 2.75) is 19.4 Å². The number of hydrogen-bond donors (Lipinski definition) is 2. The summed E-state index contributed by atoms with van der Waals surface area (Å²) in [7, 11) is 1.64. The maximum Gasteiger partial charge on any atom is 0.317 e. The summed E-state index contributed by atoms with van der Waals surface area (Å²) in [5, 5.41) is 5.92. The van der Waals surface area contributed by atoms with Gasteiger partial charge in [-0.15, -0.1) is 0 Å². The van der Waals surface area contributed by atoms with Crippen molar-refractivity contribution >= 4 is 17.6 Å². The predicted octanol–water partition coefficient (Wildman–Crippen LogP) is 2.95. The van der Waals surface area contributed by atoms with Gasteiger partial charge in [-0.1, -0.05) is 12.1 Å². The van der Waals surface area contributed by atoms with E-state index < -0.39 is 0 Å². The van der Waals surface area contributed by atoms with Crippen molar-refractivity contribution in [2.24, 2.45) is 5.92 Å². The van der Waals surface area contributed by atoms with Crippen LogP contribution in [-0.4, -0.2) is 68.2 Å². The quantitative estimate of drug-likeness (QED) is 0.611. The molecular weight excluding hydrogens is 420 g/mol. The van der Waals surface area contributed by atoms with Crippen molar-refractivity contribution in [3.63, 3.8) is 0 Å². The fourth-order valence-electron chi connectivity index (χ4n) is 3.72.